The van der Waals surface area contributed by atoms with Crippen molar-refractivity contribution in [2.45, 2.75) is 27.7 Å². The molecule has 3 N–H and O–H groups in total. The third kappa shape index (κ3) is 3.18. The van der Waals surface area contributed by atoms with Crippen LogP contribution in [-0.4, -0.2) is 31.3 Å². The minimum Gasteiger partial charge on any atom is -0.368 e. The van der Waals surface area contributed by atoms with Crippen LogP contribution >= 0.6 is 0 Å². The Morgan fingerprint density at radius 2 is 1.84 bits per heavy atom. The van der Waals surface area contributed by atoms with Crippen LogP contribution in [0.15, 0.2) is 6.07 Å². The van der Waals surface area contributed by atoms with Gasteiger partial charge in [0.1, 0.15) is 0 Å². The fourth-order valence-corrected chi connectivity index (χ4v) is 1.64. The van der Waals surface area contributed by atoms with E-state index in [2.05, 4.69) is 39.2 Å². The van der Waals surface area contributed by atoms with Crippen LogP contribution in [-0.2, 0) is 0 Å². The normalized spacial score (nSPS) is 11.0. The predicted molar refractivity (Wildman–Crippen MR) is 74.2 cm³/mol. The average molecular weight is 261 g/mol. The van der Waals surface area contributed by atoms with Crippen molar-refractivity contribution in [3.63, 3.8) is 0 Å². The highest BCUT2D eigenvalue weighted by atomic mass is 15.5. The first-order valence-electron chi connectivity index (χ1n) is 6.24. The summed E-state index contributed by atoms with van der Waals surface area (Å²) in [5.41, 5.74) is 7.59. The summed E-state index contributed by atoms with van der Waals surface area (Å²) in [6, 6.07) is 1.90. The first kappa shape index (κ1) is 13.3. The molecule has 0 saturated carbocycles. The molecule has 0 radical (unpaired) electrons. The molecule has 2 heterocycles. The van der Waals surface area contributed by atoms with Gasteiger partial charge in [-0.15, -0.1) is 5.10 Å². The van der Waals surface area contributed by atoms with E-state index in [-0.39, 0.29) is 5.95 Å². The van der Waals surface area contributed by atoms with Crippen LogP contribution in [0.4, 0.5) is 11.9 Å². The number of rotatable bonds is 4. The summed E-state index contributed by atoms with van der Waals surface area (Å²) in [5.74, 6) is 1.72. The monoisotopic (exact) mass is 261 g/mol. The Morgan fingerprint density at radius 3 is 2.42 bits per heavy atom. The number of aromatic nitrogens is 5. The largest absolute Gasteiger partial charge is 0.368 e. The average Bonchev–Trinajstić information content (AvgIpc) is 2.66. The summed E-state index contributed by atoms with van der Waals surface area (Å²) in [6.45, 7) is 8.82. The lowest BCUT2D eigenvalue weighted by molar-refractivity contribution is 0.683. The van der Waals surface area contributed by atoms with Crippen LogP contribution in [0, 0.1) is 19.8 Å². The molecule has 0 aliphatic heterocycles. The van der Waals surface area contributed by atoms with Crippen molar-refractivity contribution in [2.24, 2.45) is 5.92 Å². The van der Waals surface area contributed by atoms with Crippen molar-refractivity contribution in [3.05, 3.63) is 17.5 Å². The lowest BCUT2D eigenvalue weighted by Gasteiger charge is -2.04. The molecule has 2 aromatic heterocycles. The molecule has 0 spiro atoms. The first-order valence-corrected chi connectivity index (χ1v) is 6.24. The molecule has 7 heteroatoms. The van der Waals surface area contributed by atoms with Gasteiger partial charge in [0.15, 0.2) is 0 Å². The second-order valence-corrected chi connectivity index (χ2v) is 4.93. The molecule has 0 aliphatic carbocycles. The van der Waals surface area contributed by atoms with Crippen molar-refractivity contribution in [1.82, 2.24) is 24.7 Å². The number of hydrogen-bond acceptors (Lipinski definition) is 6. The van der Waals surface area contributed by atoms with Crippen LogP contribution in [0.3, 0.4) is 0 Å². The van der Waals surface area contributed by atoms with Gasteiger partial charge in [0.25, 0.3) is 5.95 Å². The second kappa shape index (κ2) is 5.21. The van der Waals surface area contributed by atoms with Gasteiger partial charge in [0, 0.05) is 17.9 Å². The molecule has 0 saturated heterocycles. The third-order valence-corrected chi connectivity index (χ3v) is 2.46. The van der Waals surface area contributed by atoms with E-state index in [0.29, 0.717) is 17.8 Å². The lowest BCUT2D eigenvalue weighted by Crippen LogP contribution is -2.10. The standard InChI is InChI=1S/C12H19N7/c1-7(2)6-14-11-17-10(13)19(18-11)12-15-8(3)5-9(4)16-12/h5,7H,6H2,1-4H3,(H3,13,14,17,18). The third-order valence-electron chi connectivity index (χ3n) is 2.46. The predicted octanol–water partition coefficient (Wildman–Crippen LogP) is 1.32. The van der Waals surface area contributed by atoms with E-state index in [0.717, 1.165) is 17.9 Å². The zero-order valence-corrected chi connectivity index (χ0v) is 11.7. The molecule has 0 atom stereocenters. The van der Waals surface area contributed by atoms with Crippen molar-refractivity contribution in [1.29, 1.82) is 0 Å². The Morgan fingerprint density at radius 1 is 1.21 bits per heavy atom. The molecular weight excluding hydrogens is 242 g/mol. The van der Waals surface area contributed by atoms with Crippen molar-refractivity contribution in [2.75, 3.05) is 17.6 Å². The van der Waals surface area contributed by atoms with Gasteiger partial charge in [-0.25, -0.2) is 9.97 Å². The Bertz CT molecular complexity index is 553. The Balaban J connectivity index is 2.29. The molecule has 0 fully saturated rings. The van der Waals surface area contributed by atoms with Gasteiger partial charge in [0.05, 0.1) is 0 Å². The number of nitrogens with zero attached hydrogens (tertiary/aromatic N) is 5. The number of nitrogens with one attached hydrogen (secondary N) is 1. The van der Waals surface area contributed by atoms with Crippen LogP contribution in [0.5, 0.6) is 0 Å². The van der Waals surface area contributed by atoms with E-state index in [4.69, 9.17) is 5.73 Å². The topological polar surface area (TPSA) is 94.5 Å². The van der Waals surface area contributed by atoms with Crippen molar-refractivity contribution < 1.29 is 0 Å². The van der Waals surface area contributed by atoms with E-state index < -0.39 is 0 Å². The number of nitrogen functional groups attached to an aromatic ring is 1. The van der Waals surface area contributed by atoms with E-state index in [1.807, 2.05) is 19.9 Å². The van der Waals surface area contributed by atoms with Crippen molar-refractivity contribution in [3.8, 4) is 5.95 Å². The summed E-state index contributed by atoms with van der Waals surface area (Å²) in [7, 11) is 0. The minimum absolute atomic E-state index is 0.274. The molecule has 0 unspecified atom stereocenters. The zero-order valence-electron chi connectivity index (χ0n) is 11.7. The number of anilines is 2. The van der Waals surface area contributed by atoms with E-state index in [1.54, 1.807) is 0 Å². The van der Waals surface area contributed by atoms with Crippen LogP contribution < -0.4 is 11.1 Å². The summed E-state index contributed by atoms with van der Waals surface area (Å²) < 4.78 is 1.45. The SMILES string of the molecule is Cc1cc(C)nc(-n2nc(NCC(C)C)nc2N)n1. The fourth-order valence-electron chi connectivity index (χ4n) is 1.64. The summed E-state index contributed by atoms with van der Waals surface area (Å²) >= 11 is 0. The highest BCUT2D eigenvalue weighted by molar-refractivity contribution is 5.36. The molecule has 0 bridgehead atoms. The fraction of sp³-hybridized carbons (Fsp3) is 0.500. The van der Waals surface area contributed by atoms with Gasteiger partial charge in [0.2, 0.25) is 11.9 Å². The molecule has 2 rings (SSSR count). The Labute approximate surface area is 112 Å². The van der Waals surface area contributed by atoms with Gasteiger partial charge >= 0.3 is 0 Å². The smallest absolute Gasteiger partial charge is 0.254 e. The lowest BCUT2D eigenvalue weighted by atomic mass is 10.2. The summed E-state index contributed by atoms with van der Waals surface area (Å²) in [4.78, 5) is 12.8. The molecule has 7 nitrogen and oxygen atoms in total. The van der Waals surface area contributed by atoms with Gasteiger partial charge in [-0.1, -0.05) is 13.8 Å². The maximum atomic E-state index is 5.85. The van der Waals surface area contributed by atoms with E-state index in [9.17, 15) is 0 Å². The minimum atomic E-state index is 0.274. The first-order chi connectivity index (χ1) is 8.95. The Kier molecular flexibility index (Phi) is 3.64. The van der Waals surface area contributed by atoms with Crippen LogP contribution in [0.2, 0.25) is 0 Å². The van der Waals surface area contributed by atoms with E-state index in [1.165, 1.54) is 4.68 Å². The van der Waals surface area contributed by atoms with Gasteiger partial charge < -0.3 is 11.1 Å². The second-order valence-electron chi connectivity index (χ2n) is 4.93. The summed E-state index contributed by atoms with van der Waals surface area (Å²) in [5, 5.41) is 7.40. The Hall–Kier alpha value is -2.18. The van der Waals surface area contributed by atoms with E-state index >= 15 is 0 Å². The number of aryl methyl sites for hydroxylation is 2. The van der Waals surface area contributed by atoms with Gasteiger partial charge in [-0.2, -0.15) is 9.67 Å². The molecule has 19 heavy (non-hydrogen) atoms. The number of hydrogen-bond donors (Lipinski definition) is 2. The summed E-state index contributed by atoms with van der Waals surface area (Å²) in [6.07, 6.45) is 0. The maximum absolute atomic E-state index is 5.85. The van der Waals surface area contributed by atoms with Crippen molar-refractivity contribution >= 4 is 11.9 Å². The number of nitrogens with two attached hydrogens (primary N) is 1. The molecule has 0 aliphatic rings. The van der Waals surface area contributed by atoms with Crippen LogP contribution in [0.25, 0.3) is 5.95 Å². The quantitative estimate of drug-likeness (QED) is 0.862. The van der Waals surface area contributed by atoms with Gasteiger partial charge in [-0.05, 0) is 25.8 Å². The highest BCUT2D eigenvalue weighted by Crippen LogP contribution is 2.11. The molecule has 2 aromatic rings. The molecular formula is C12H19N7. The molecule has 0 amide bonds. The molecule has 0 aromatic carbocycles. The highest BCUT2D eigenvalue weighted by Gasteiger charge is 2.11. The zero-order chi connectivity index (χ0) is 14.0. The maximum Gasteiger partial charge on any atom is 0.254 e. The van der Waals surface area contributed by atoms with Gasteiger partial charge in [-0.3, -0.25) is 0 Å². The molecule has 102 valence electrons. The van der Waals surface area contributed by atoms with Crippen LogP contribution in [0.1, 0.15) is 25.2 Å².